The van der Waals surface area contributed by atoms with E-state index >= 15 is 0 Å². The van der Waals surface area contributed by atoms with E-state index in [9.17, 15) is 0 Å². The molecule has 2 heterocycles. The normalized spacial score (nSPS) is 10.5. The third kappa shape index (κ3) is 2.78. The number of nitrogens with zero attached hydrogens (tertiary/aromatic N) is 2. The highest BCUT2D eigenvalue weighted by molar-refractivity contribution is 5.81. The van der Waals surface area contributed by atoms with Crippen LogP contribution in [0.5, 0.6) is 17.4 Å². The average molecular weight is 326 g/mol. The molecule has 0 spiro atoms. The highest BCUT2D eigenvalue weighted by Gasteiger charge is 2.17. The molecule has 0 fully saturated rings. The fourth-order valence-corrected chi connectivity index (χ4v) is 2.60. The zero-order valence-corrected chi connectivity index (χ0v) is 14.0. The number of methoxy groups -OCH3 is 3. The predicted octanol–water partition coefficient (Wildman–Crippen LogP) is 3.74. The summed E-state index contributed by atoms with van der Waals surface area (Å²) < 4.78 is 21.1. The maximum atomic E-state index is 5.42. The van der Waals surface area contributed by atoms with Crippen LogP contribution in [0.3, 0.4) is 0 Å². The van der Waals surface area contributed by atoms with E-state index in [2.05, 4.69) is 10.1 Å². The van der Waals surface area contributed by atoms with Gasteiger partial charge in [-0.15, -0.1) is 0 Å². The number of aromatic nitrogens is 2. The topological polar surface area (TPSA) is 66.6 Å². The molecule has 0 N–H and O–H groups in total. The van der Waals surface area contributed by atoms with E-state index in [1.165, 1.54) is 0 Å². The maximum Gasteiger partial charge on any atom is 0.212 e. The molecule has 0 aliphatic heterocycles. The minimum Gasteiger partial charge on any atom is -0.493 e. The molecule has 0 unspecified atom stereocenters. The van der Waals surface area contributed by atoms with Gasteiger partial charge < -0.3 is 18.7 Å². The van der Waals surface area contributed by atoms with Crippen molar-refractivity contribution in [3.8, 4) is 39.8 Å². The van der Waals surface area contributed by atoms with Crippen LogP contribution in [0.15, 0.2) is 41.2 Å². The Morgan fingerprint density at radius 3 is 2.42 bits per heavy atom. The zero-order valence-electron chi connectivity index (χ0n) is 14.0. The van der Waals surface area contributed by atoms with Crippen LogP contribution in [0.25, 0.3) is 22.4 Å². The molecule has 1 aromatic carbocycles. The molecule has 24 heavy (non-hydrogen) atoms. The Hall–Kier alpha value is -3.02. The van der Waals surface area contributed by atoms with Gasteiger partial charge in [0.1, 0.15) is 12.0 Å². The third-order valence-corrected chi connectivity index (χ3v) is 3.76. The lowest BCUT2D eigenvalue weighted by Crippen LogP contribution is -1.95. The second-order valence-electron chi connectivity index (χ2n) is 5.19. The SMILES string of the molecule is COc1ccc(-c2conc2-c2cc(C)c(OC)c(OC)c2)cn1. The van der Waals surface area contributed by atoms with E-state index in [-0.39, 0.29) is 0 Å². The number of hydrogen-bond donors (Lipinski definition) is 0. The molecule has 6 heteroatoms. The van der Waals surface area contributed by atoms with Gasteiger partial charge in [0.15, 0.2) is 11.5 Å². The van der Waals surface area contributed by atoms with Gasteiger partial charge in [-0.05, 0) is 30.7 Å². The molecule has 3 rings (SSSR count). The lowest BCUT2D eigenvalue weighted by atomic mass is 10.0. The second kappa shape index (κ2) is 6.62. The van der Waals surface area contributed by atoms with Gasteiger partial charge in [0.05, 0.1) is 26.9 Å². The smallest absolute Gasteiger partial charge is 0.212 e. The van der Waals surface area contributed by atoms with Crippen LogP contribution in [0, 0.1) is 6.92 Å². The molecule has 3 aromatic rings. The molecule has 2 aromatic heterocycles. The van der Waals surface area contributed by atoms with Gasteiger partial charge in [-0.3, -0.25) is 0 Å². The van der Waals surface area contributed by atoms with Gasteiger partial charge in [-0.2, -0.15) is 0 Å². The van der Waals surface area contributed by atoms with Gasteiger partial charge in [0.2, 0.25) is 5.88 Å². The fourth-order valence-electron chi connectivity index (χ4n) is 2.60. The number of pyridine rings is 1. The molecular formula is C18H18N2O4. The summed E-state index contributed by atoms with van der Waals surface area (Å²) in [6, 6.07) is 7.57. The van der Waals surface area contributed by atoms with Crippen LogP contribution < -0.4 is 14.2 Å². The van der Waals surface area contributed by atoms with Crippen LogP contribution >= 0.6 is 0 Å². The summed E-state index contributed by atoms with van der Waals surface area (Å²) in [7, 11) is 4.81. The first-order chi connectivity index (χ1) is 11.7. The lowest BCUT2D eigenvalue weighted by molar-refractivity contribution is 0.353. The Balaban J connectivity index is 2.08. The summed E-state index contributed by atoms with van der Waals surface area (Å²) in [6.45, 7) is 1.96. The number of rotatable bonds is 5. The van der Waals surface area contributed by atoms with Crippen LogP contribution in [0.2, 0.25) is 0 Å². The molecule has 0 bridgehead atoms. The third-order valence-electron chi connectivity index (χ3n) is 3.76. The highest BCUT2D eigenvalue weighted by atomic mass is 16.5. The maximum absolute atomic E-state index is 5.42. The van der Waals surface area contributed by atoms with Crippen molar-refractivity contribution in [2.45, 2.75) is 6.92 Å². The van der Waals surface area contributed by atoms with Gasteiger partial charge in [0, 0.05) is 23.4 Å². The largest absolute Gasteiger partial charge is 0.493 e. The molecule has 0 aliphatic carbocycles. The quantitative estimate of drug-likeness (QED) is 0.711. The van der Waals surface area contributed by atoms with Gasteiger partial charge in [-0.1, -0.05) is 5.16 Å². The van der Waals surface area contributed by atoms with Gasteiger partial charge >= 0.3 is 0 Å². The van der Waals surface area contributed by atoms with E-state index in [0.29, 0.717) is 23.1 Å². The fraction of sp³-hybridized carbons (Fsp3) is 0.222. The minimum absolute atomic E-state index is 0.554. The minimum atomic E-state index is 0.554. The predicted molar refractivity (Wildman–Crippen MR) is 89.6 cm³/mol. The van der Waals surface area contributed by atoms with E-state index in [1.54, 1.807) is 39.9 Å². The summed E-state index contributed by atoms with van der Waals surface area (Å²) in [5, 5.41) is 4.15. The van der Waals surface area contributed by atoms with Crippen molar-refractivity contribution >= 4 is 0 Å². The van der Waals surface area contributed by atoms with Crippen molar-refractivity contribution in [2.24, 2.45) is 0 Å². The Morgan fingerprint density at radius 2 is 1.79 bits per heavy atom. The first-order valence-electron chi connectivity index (χ1n) is 7.35. The highest BCUT2D eigenvalue weighted by Crippen LogP contribution is 2.38. The van der Waals surface area contributed by atoms with Crippen LogP contribution in [-0.2, 0) is 0 Å². The molecule has 0 saturated carbocycles. The molecule has 6 nitrogen and oxygen atoms in total. The number of benzene rings is 1. The number of hydrogen-bond acceptors (Lipinski definition) is 6. The van der Waals surface area contributed by atoms with E-state index in [4.69, 9.17) is 18.7 Å². The van der Waals surface area contributed by atoms with Gasteiger partial charge in [-0.25, -0.2) is 4.98 Å². The van der Waals surface area contributed by atoms with Crippen LogP contribution in [0.4, 0.5) is 0 Å². The summed E-state index contributed by atoms with van der Waals surface area (Å²) in [6.07, 6.45) is 3.33. The van der Waals surface area contributed by atoms with Crippen LogP contribution in [0.1, 0.15) is 5.56 Å². The molecular weight excluding hydrogens is 308 g/mol. The zero-order chi connectivity index (χ0) is 17.1. The second-order valence-corrected chi connectivity index (χ2v) is 5.19. The monoisotopic (exact) mass is 326 g/mol. The van der Waals surface area contributed by atoms with Crippen LogP contribution in [-0.4, -0.2) is 31.5 Å². The van der Waals surface area contributed by atoms with Crippen molar-refractivity contribution in [3.05, 3.63) is 42.3 Å². The van der Waals surface area contributed by atoms with E-state index in [1.807, 2.05) is 25.1 Å². The Bertz CT molecular complexity index is 841. The first-order valence-corrected chi connectivity index (χ1v) is 7.35. The molecule has 0 atom stereocenters. The summed E-state index contributed by atoms with van der Waals surface area (Å²) in [5.41, 5.74) is 4.28. The molecule has 124 valence electrons. The van der Waals surface area contributed by atoms with E-state index < -0.39 is 0 Å². The van der Waals surface area contributed by atoms with Crippen molar-refractivity contribution in [2.75, 3.05) is 21.3 Å². The molecule has 0 saturated heterocycles. The van der Waals surface area contributed by atoms with E-state index in [0.717, 1.165) is 22.3 Å². The summed E-state index contributed by atoms with van der Waals surface area (Å²) in [5.74, 6) is 1.91. The Kier molecular flexibility index (Phi) is 4.37. The molecule has 0 aliphatic rings. The molecule has 0 amide bonds. The van der Waals surface area contributed by atoms with Crippen molar-refractivity contribution in [1.29, 1.82) is 0 Å². The summed E-state index contributed by atoms with van der Waals surface area (Å²) in [4.78, 5) is 4.23. The van der Waals surface area contributed by atoms with Crippen molar-refractivity contribution < 1.29 is 18.7 Å². The Morgan fingerprint density at radius 1 is 0.958 bits per heavy atom. The number of ether oxygens (including phenoxy) is 3. The molecule has 0 radical (unpaired) electrons. The van der Waals surface area contributed by atoms with Gasteiger partial charge in [0.25, 0.3) is 0 Å². The standard InChI is InChI=1S/C18H18N2O4/c1-11-7-13(8-15(21-2)18(11)23-4)17-14(10-24-20-17)12-5-6-16(22-3)19-9-12/h5-10H,1-4H3. The average Bonchev–Trinajstić information content (AvgIpc) is 3.10. The summed E-state index contributed by atoms with van der Waals surface area (Å²) >= 11 is 0. The Labute approximate surface area is 140 Å². The lowest BCUT2D eigenvalue weighted by Gasteiger charge is -2.12. The van der Waals surface area contributed by atoms with Crippen molar-refractivity contribution in [1.82, 2.24) is 10.1 Å². The van der Waals surface area contributed by atoms with Crippen molar-refractivity contribution in [3.63, 3.8) is 0 Å². The number of aryl methyl sites for hydroxylation is 1. The first kappa shape index (κ1) is 15.9.